The standard InChI is InChI=1S/C14H32N2P.U/c1-7-8-9-10-17(6,15-11-13(2)3)16-12-14(4)5;/h7,13-16H,6,8-12H2,1-5H3;/q-1;. The first-order chi connectivity index (χ1) is 7.89. The van der Waals surface area contributed by atoms with Crippen LogP contribution in [0, 0.1) is 49.4 Å². The van der Waals surface area contributed by atoms with E-state index in [9.17, 15) is 0 Å². The van der Waals surface area contributed by atoms with E-state index in [1.165, 1.54) is 19.0 Å². The monoisotopic (exact) mass is 497 g/mol. The van der Waals surface area contributed by atoms with E-state index in [1.807, 2.05) is 0 Å². The fraction of sp³-hybridized carbons (Fsp3) is 0.857. The van der Waals surface area contributed by atoms with Crippen molar-refractivity contribution >= 4 is 13.5 Å². The van der Waals surface area contributed by atoms with Crippen LogP contribution in [0.25, 0.3) is 0 Å². The topological polar surface area (TPSA) is 24.1 Å². The molecule has 18 heavy (non-hydrogen) atoms. The number of unbranched alkanes of at least 4 members (excludes halogenated alkanes) is 2. The van der Waals surface area contributed by atoms with Crippen molar-refractivity contribution in [3.8, 4) is 0 Å². The van der Waals surface area contributed by atoms with E-state index in [0.29, 0.717) is 11.8 Å². The molecule has 108 valence electrons. The smallest absolute Gasteiger partial charge is 0.00306 e. The third-order valence-electron chi connectivity index (χ3n) is 2.64. The molecule has 0 bridgehead atoms. The fourth-order valence-electron chi connectivity index (χ4n) is 1.49. The van der Waals surface area contributed by atoms with E-state index < -0.39 is 7.19 Å². The minimum Gasteiger partial charge on any atom is -0.331 e. The van der Waals surface area contributed by atoms with Gasteiger partial charge in [0.2, 0.25) is 0 Å². The summed E-state index contributed by atoms with van der Waals surface area (Å²) in [5.41, 5.74) is 0. The van der Waals surface area contributed by atoms with Crippen molar-refractivity contribution in [1.29, 1.82) is 0 Å². The third-order valence-corrected chi connectivity index (χ3v) is 5.29. The zero-order valence-corrected chi connectivity index (χ0v) is 18.0. The van der Waals surface area contributed by atoms with Gasteiger partial charge in [-0.25, -0.2) is 0 Å². The average Bonchev–Trinajstić information content (AvgIpc) is 2.24. The Balaban J connectivity index is 0. The third kappa shape index (κ3) is 12.3. The quantitative estimate of drug-likeness (QED) is 0.273. The Kier molecular flexibility index (Phi) is 14.4. The molecule has 0 atom stereocenters. The second-order valence-corrected chi connectivity index (χ2v) is 8.77. The van der Waals surface area contributed by atoms with Gasteiger partial charge in [-0.3, -0.25) is 10.2 Å². The zero-order valence-electron chi connectivity index (χ0n) is 12.9. The second kappa shape index (κ2) is 12.0. The van der Waals surface area contributed by atoms with E-state index >= 15 is 0 Å². The summed E-state index contributed by atoms with van der Waals surface area (Å²) in [5.74, 6) is 1.38. The van der Waals surface area contributed by atoms with Crippen LogP contribution < -0.4 is 10.2 Å². The molecular formula is C14H32N2PU-. The molecule has 0 fully saturated rings. The number of hydrogen-bond donors (Lipinski definition) is 2. The van der Waals surface area contributed by atoms with Crippen LogP contribution in [0.1, 0.15) is 47.5 Å². The van der Waals surface area contributed by atoms with Crippen molar-refractivity contribution in [3.63, 3.8) is 0 Å². The molecule has 0 heterocycles. The summed E-state index contributed by atoms with van der Waals surface area (Å²) in [4.78, 5) is 0. The van der Waals surface area contributed by atoms with E-state index in [2.05, 4.69) is 57.5 Å². The normalized spacial score (nSPS) is 11.9. The molecule has 0 saturated carbocycles. The van der Waals surface area contributed by atoms with Crippen LogP contribution in [0.3, 0.4) is 0 Å². The molecule has 0 amide bonds. The van der Waals surface area contributed by atoms with Gasteiger partial charge in [0.15, 0.2) is 0 Å². The Morgan fingerprint density at radius 2 is 1.50 bits per heavy atom. The summed E-state index contributed by atoms with van der Waals surface area (Å²) in [6.45, 7) is 13.3. The first-order valence-corrected chi connectivity index (χ1v) is 9.06. The average molecular weight is 497 g/mol. The minimum atomic E-state index is -1.38. The first kappa shape index (κ1) is 21.6. The summed E-state index contributed by atoms with van der Waals surface area (Å²) < 4.78 is 0. The largest absolute Gasteiger partial charge is 0.331 e. The van der Waals surface area contributed by atoms with Gasteiger partial charge in [0.1, 0.15) is 0 Å². The van der Waals surface area contributed by atoms with Crippen molar-refractivity contribution in [2.45, 2.75) is 47.5 Å². The predicted octanol–water partition coefficient (Wildman–Crippen LogP) is 3.76. The second-order valence-electron chi connectivity index (χ2n) is 5.75. The number of nitrogens with one attached hydrogen (secondary N) is 2. The van der Waals surface area contributed by atoms with Gasteiger partial charge in [-0.15, -0.1) is 0 Å². The molecule has 0 aliphatic heterocycles. The molecule has 0 saturated heterocycles. The van der Waals surface area contributed by atoms with Crippen LogP contribution in [0.5, 0.6) is 0 Å². The van der Waals surface area contributed by atoms with Crippen LogP contribution >= 0.6 is 7.19 Å². The fourth-order valence-corrected chi connectivity index (χ4v) is 4.07. The molecule has 0 aromatic rings. The van der Waals surface area contributed by atoms with Crippen LogP contribution in [0.2, 0.25) is 0 Å². The van der Waals surface area contributed by atoms with Gasteiger partial charge in [0.25, 0.3) is 0 Å². The maximum atomic E-state index is 4.46. The summed E-state index contributed by atoms with van der Waals surface area (Å²) in [7, 11) is -1.38. The number of hydrogen-bond acceptors (Lipinski definition) is 2. The Labute approximate surface area is 139 Å². The van der Waals surface area contributed by atoms with Gasteiger partial charge in [0, 0.05) is 51.4 Å². The predicted molar refractivity (Wildman–Crippen MR) is 83.8 cm³/mol. The molecular weight excluding hydrogens is 465 g/mol. The molecule has 0 aromatic heterocycles. The van der Waals surface area contributed by atoms with Crippen molar-refractivity contribution in [3.05, 3.63) is 6.42 Å². The SMILES string of the molecule is C=P(CCC[CH-]C)(NCC(C)C)NCC(C)C.[U]. The van der Waals surface area contributed by atoms with E-state index in [4.69, 9.17) is 0 Å². The molecule has 0 aliphatic rings. The Morgan fingerprint density at radius 1 is 1.06 bits per heavy atom. The molecule has 4 heteroatoms. The van der Waals surface area contributed by atoms with Crippen LogP contribution in [-0.4, -0.2) is 25.6 Å². The van der Waals surface area contributed by atoms with E-state index in [0.717, 1.165) is 13.1 Å². The van der Waals surface area contributed by atoms with Gasteiger partial charge >= 0.3 is 0 Å². The Morgan fingerprint density at radius 3 is 1.83 bits per heavy atom. The van der Waals surface area contributed by atoms with E-state index in [-0.39, 0.29) is 31.1 Å². The van der Waals surface area contributed by atoms with Gasteiger partial charge in [-0.2, -0.15) is 13.3 Å². The summed E-state index contributed by atoms with van der Waals surface area (Å²) in [5, 5.41) is 7.37. The van der Waals surface area contributed by atoms with E-state index in [1.54, 1.807) is 0 Å². The van der Waals surface area contributed by atoms with Crippen LogP contribution in [0.15, 0.2) is 0 Å². The van der Waals surface area contributed by atoms with Crippen molar-refractivity contribution in [2.24, 2.45) is 11.8 Å². The van der Waals surface area contributed by atoms with Gasteiger partial charge in [-0.05, 0) is 18.0 Å². The maximum Gasteiger partial charge on any atom is 0.00306 e. The molecule has 0 spiro atoms. The van der Waals surface area contributed by atoms with Crippen molar-refractivity contribution < 1.29 is 31.1 Å². The summed E-state index contributed by atoms with van der Waals surface area (Å²) in [6.07, 6.45) is 10.3. The molecule has 0 unspecified atom stereocenters. The number of rotatable bonds is 10. The van der Waals surface area contributed by atoms with Gasteiger partial charge < -0.3 is 6.42 Å². The molecule has 0 radical (unpaired) electrons. The van der Waals surface area contributed by atoms with Crippen LogP contribution in [0.4, 0.5) is 0 Å². The minimum absolute atomic E-state index is 0. The van der Waals surface area contributed by atoms with Crippen LogP contribution in [-0.2, 0) is 0 Å². The molecule has 0 rings (SSSR count). The van der Waals surface area contributed by atoms with Crippen molar-refractivity contribution in [1.82, 2.24) is 10.2 Å². The molecule has 0 aliphatic carbocycles. The first-order valence-electron chi connectivity index (χ1n) is 6.90. The Hall–Kier alpha value is 1.27. The molecule has 2 N–H and O–H groups in total. The molecule has 2 nitrogen and oxygen atoms in total. The summed E-state index contributed by atoms with van der Waals surface area (Å²) >= 11 is 0. The summed E-state index contributed by atoms with van der Waals surface area (Å²) in [6, 6.07) is 0. The maximum absolute atomic E-state index is 4.46. The van der Waals surface area contributed by atoms with Gasteiger partial charge in [-0.1, -0.05) is 40.4 Å². The Bertz CT molecular complexity index is 214. The molecule has 0 aromatic carbocycles. The van der Waals surface area contributed by atoms with Crippen molar-refractivity contribution in [2.75, 3.05) is 19.3 Å². The van der Waals surface area contributed by atoms with Gasteiger partial charge in [0.05, 0.1) is 0 Å². The zero-order chi connectivity index (χ0) is 13.3.